The van der Waals surface area contributed by atoms with Crippen LogP contribution in [0.5, 0.6) is 0 Å². The highest BCUT2D eigenvalue weighted by Crippen LogP contribution is 2.15. The van der Waals surface area contributed by atoms with E-state index in [0.717, 1.165) is 18.4 Å². The largest absolute Gasteiger partial charge is 0.338 e. The Bertz CT molecular complexity index is 623. The number of halogens is 2. The lowest BCUT2D eigenvalue weighted by Crippen LogP contribution is -2.38. The normalized spacial score (nSPS) is 12.7. The monoisotopic (exact) mass is 335 g/mol. The fourth-order valence-electron chi connectivity index (χ4n) is 1.66. The highest BCUT2D eigenvalue weighted by Gasteiger charge is 2.11. The smallest absolute Gasteiger partial charge is 0.315 e. The van der Waals surface area contributed by atoms with E-state index in [0.29, 0.717) is 12.0 Å². The van der Waals surface area contributed by atoms with E-state index in [1.807, 2.05) is 0 Å². The number of nitrogens with one attached hydrogen (secondary N) is 3. The van der Waals surface area contributed by atoms with Crippen LogP contribution < -0.4 is 15.4 Å². The number of carbonyl (C=O) groups is 1. The lowest BCUT2D eigenvalue weighted by Gasteiger charge is -2.15. The minimum atomic E-state index is -3.23. The Morgan fingerprint density at radius 2 is 1.91 bits per heavy atom. The molecule has 0 saturated heterocycles. The SMILES string of the molecule is C[C@H](NC(=O)NCCCNS(C)(=O)=O)c1ccc(F)c(F)c1. The Balaban J connectivity index is 2.33. The zero-order valence-corrected chi connectivity index (χ0v) is 13.1. The molecular formula is C13H19F2N3O3S. The number of amides is 2. The molecule has 1 aromatic rings. The van der Waals surface area contributed by atoms with Gasteiger partial charge in [0, 0.05) is 13.1 Å². The molecule has 6 nitrogen and oxygen atoms in total. The van der Waals surface area contributed by atoms with Crippen LogP contribution >= 0.6 is 0 Å². The standard InChI is InChI=1S/C13H19F2N3O3S/c1-9(10-4-5-11(14)12(15)8-10)18-13(19)16-6-3-7-17-22(2,20)21/h4-5,8-9,17H,3,6-7H2,1-2H3,(H2,16,18,19)/t9-/m0/s1. The second-order valence-corrected chi connectivity index (χ2v) is 6.65. The first-order chi connectivity index (χ1) is 10.2. The van der Waals surface area contributed by atoms with Gasteiger partial charge in [0.15, 0.2) is 11.6 Å². The van der Waals surface area contributed by atoms with Crippen LogP contribution in [0.15, 0.2) is 18.2 Å². The third-order valence-corrected chi connectivity index (χ3v) is 3.52. The number of benzene rings is 1. The van der Waals surface area contributed by atoms with Crippen molar-refractivity contribution in [3.63, 3.8) is 0 Å². The fourth-order valence-corrected chi connectivity index (χ4v) is 2.18. The lowest BCUT2D eigenvalue weighted by atomic mass is 10.1. The van der Waals surface area contributed by atoms with Crippen LogP contribution in [0.3, 0.4) is 0 Å². The van der Waals surface area contributed by atoms with Crippen molar-refractivity contribution in [1.29, 1.82) is 0 Å². The zero-order valence-electron chi connectivity index (χ0n) is 12.3. The molecule has 1 rings (SSSR count). The third kappa shape index (κ3) is 6.81. The molecule has 9 heteroatoms. The zero-order chi connectivity index (χ0) is 16.8. The minimum Gasteiger partial charge on any atom is -0.338 e. The predicted molar refractivity (Wildman–Crippen MR) is 78.8 cm³/mol. The minimum absolute atomic E-state index is 0.220. The van der Waals surface area contributed by atoms with E-state index >= 15 is 0 Å². The summed E-state index contributed by atoms with van der Waals surface area (Å²) in [7, 11) is -3.23. The predicted octanol–water partition coefficient (Wildman–Crippen LogP) is 1.26. The van der Waals surface area contributed by atoms with Crippen LogP contribution in [0.2, 0.25) is 0 Å². The average Bonchev–Trinajstić information content (AvgIpc) is 2.40. The van der Waals surface area contributed by atoms with E-state index in [9.17, 15) is 22.0 Å². The molecule has 0 aliphatic rings. The van der Waals surface area contributed by atoms with Crippen LogP contribution in [-0.2, 0) is 10.0 Å². The van der Waals surface area contributed by atoms with Gasteiger partial charge in [-0.1, -0.05) is 6.07 Å². The molecule has 124 valence electrons. The second kappa shape index (κ2) is 8.04. The molecule has 2 amide bonds. The van der Waals surface area contributed by atoms with E-state index < -0.39 is 33.7 Å². The van der Waals surface area contributed by atoms with Crippen LogP contribution in [0, 0.1) is 11.6 Å². The maximum absolute atomic E-state index is 13.1. The van der Waals surface area contributed by atoms with Crippen LogP contribution in [0.1, 0.15) is 24.9 Å². The molecule has 0 heterocycles. The topological polar surface area (TPSA) is 87.3 Å². The van der Waals surface area contributed by atoms with Crippen molar-refractivity contribution in [2.75, 3.05) is 19.3 Å². The second-order valence-electron chi connectivity index (χ2n) is 4.82. The van der Waals surface area contributed by atoms with Gasteiger partial charge in [-0.3, -0.25) is 0 Å². The molecule has 22 heavy (non-hydrogen) atoms. The summed E-state index contributed by atoms with van der Waals surface area (Å²) in [6.45, 7) is 2.13. The molecular weight excluding hydrogens is 316 g/mol. The van der Waals surface area contributed by atoms with Gasteiger partial charge < -0.3 is 10.6 Å². The summed E-state index contributed by atoms with van der Waals surface area (Å²) in [4.78, 5) is 11.6. The summed E-state index contributed by atoms with van der Waals surface area (Å²) in [5, 5.41) is 5.12. The molecule has 1 atom stereocenters. The van der Waals surface area contributed by atoms with Gasteiger partial charge in [-0.15, -0.1) is 0 Å². The Morgan fingerprint density at radius 3 is 2.50 bits per heavy atom. The van der Waals surface area contributed by atoms with E-state index in [2.05, 4.69) is 15.4 Å². The summed E-state index contributed by atoms with van der Waals surface area (Å²) < 4.78 is 49.9. The summed E-state index contributed by atoms with van der Waals surface area (Å²) in [5.41, 5.74) is 0.438. The molecule has 0 aromatic heterocycles. The molecule has 0 spiro atoms. The number of rotatable bonds is 7. The van der Waals surface area contributed by atoms with Crippen molar-refractivity contribution in [2.24, 2.45) is 0 Å². The van der Waals surface area contributed by atoms with Crippen molar-refractivity contribution in [3.8, 4) is 0 Å². The third-order valence-electron chi connectivity index (χ3n) is 2.79. The van der Waals surface area contributed by atoms with E-state index in [1.54, 1.807) is 6.92 Å². The first-order valence-corrected chi connectivity index (χ1v) is 8.52. The molecule has 0 unspecified atom stereocenters. The molecule has 0 radical (unpaired) electrons. The summed E-state index contributed by atoms with van der Waals surface area (Å²) in [6.07, 6.45) is 1.48. The van der Waals surface area contributed by atoms with Crippen molar-refractivity contribution >= 4 is 16.1 Å². The van der Waals surface area contributed by atoms with Gasteiger partial charge in [0.05, 0.1) is 12.3 Å². The van der Waals surface area contributed by atoms with Gasteiger partial charge in [0.1, 0.15) is 0 Å². The van der Waals surface area contributed by atoms with Gasteiger partial charge in [-0.25, -0.2) is 26.7 Å². The van der Waals surface area contributed by atoms with Gasteiger partial charge in [-0.05, 0) is 31.0 Å². The molecule has 0 fully saturated rings. The fraction of sp³-hybridized carbons (Fsp3) is 0.462. The van der Waals surface area contributed by atoms with Crippen molar-refractivity contribution in [1.82, 2.24) is 15.4 Å². The number of urea groups is 1. The number of sulfonamides is 1. The lowest BCUT2D eigenvalue weighted by molar-refractivity contribution is 0.238. The summed E-state index contributed by atoms with van der Waals surface area (Å²) >= 11 is 0. The van der Waals surface area contributed by atoms with Crippen LogP contribution in [-0.4, -0.2) is 33.8 Å². The first kappa shape index (κ1) is 18.3. The van der Waals surface area contributed by atoms with Crippen molar-refractivity contribution in [3.05, 3.63) is 35.4 Å². The van der Waals surface area contributed by atoms with Gasteiger partial charge in [0.2, 0.25) is 10.0 Å². The van der Waals surface area contributed by atoms with Crippen LogP contribution in [0.25, 0.3) is 0 Å². The maximum Gasteiger partial charge on any atom is 0.315 e. The van der Waals surface area contributed by atoms with E-state index in [4.69, 9.17) is 0 Å². The highest BCUT2D eigenvalue weighted by atomic mass is 32.2. The molecule has 3 N–H and O–H groups in total. The summed E-state index contributed by atoms with van der Waals surface area (Å²) in [5.74, 6) is -1.92. The maximum atomic E-state index is 13.1. The van der Waals surface area contributed by atoms with Gasteiger partial charge in [0.25, 0.3) is 0 Å². The number of hydrogen-bond acceptors (Lipinski definition) is 3. The highest BCUT2D eigenvalue weighted by molar-refractivity contribution is 7.88. The quantitative estimate of drug-likeness (QED) is 0.656. The Morgan fingerprint density at radius 1 is 1.23 bits per heavy atom. The number of hydrogen-bond donors (Lipinski definition) is 3. The Kier molecular flexibility index (Phi) is 6.69. The van der Waals surface area contributed by atoms with Gasteiger partial charge in [-0.2, -0.15) is 0 Å². The summed E-state index contributed by atoms with van der Waals surface area (Å²) in [6, 6.07) is 2.44. The molecule has 0 aliphatic heterocycles. The van der Waals surface area contributed by atoms with E-state index in [1.165, 1.54) is 6.07 Å². The molecule has 0 saturated carbocycles. The molecule has 0 aliphatic carbocycles. The Hall–Kier alpha value is -1.74. The van der Waals surface area contributed by atoms with Gasteiger partial charge >= 0.3 is 6.03 Å². The molecule has 0 bridgehead atoms. The first-order valence-electron chi connectivity index (χ1n) is 6.63. The number of carbonyl (C=O) groups excluding carboxylic acids is 1. The van der Waals surface area contributed by atoms with Crippen LogP contribution in [0.4, 0.5) is 13.6 Å². The van der Waals surface area contributed by atoms with E-state index in [-0.39, 0.29) is 13.1 Å². The Labute approximate surface area is 128 Å². The van der Waals surface area contributed by atoms with Crippen molar-refractivity contribution < 1.29 is 22.0 Å². The molecule has 1 aromatic carbocycles. The average molecular weight is 335 g/mol. The van der Waals surface area contributed by atoms with Crippen molar-refractivity contribution in [2.45, 2.75) is 19.4 Å².